The van der Waals surface area contributed by atoms with Crippen molar-refractivity contribution in [3.63, 3.8) is 0 Å². The van der Waals surface area contributed by atoms with Gasteiger partial charge in [0.2, 0.25) is 0 Å². The second-order valence-corrected chi connectivity index (χ2v) is 7.16. The third-order valence-corrected chi connectivity index (χ3v) is 5.17. The van der Waals surface area contributed by atoms with E-state index in [0.717, 1.165) is 24.3 Å². The predicted molar refractivity (Wildman–Crippen MR) is 108 cm³/mol. The van der Waals surface area contributed by atoms with Gasteiger partial charge in [-0.15, -0.1) is 0 Å². The van der Waals surface area contributed by atoms with Crippen molar-refractivity contribution in [1.29, 1.82) is 0 Å². The molecule has 1 fully saturated rings. The second-order valence-electron chi connectivity index (χ2n) is 7.16. The summed E-state index contributed by atoms with van der Waals surface area (Å²) in [6.07, 6.45) is 0. The Hall–Kier alpha value is -3.15. The first-order valence-electron chi connectivity index (χ1n) is 9.42. The number of benzene rings is 2. The van der Waals surface area contributed by atoms with Crippen molar-refractivity contribution in [2.75, 3.05) is 31.1 Å². The Morgan fingerprint density at radius 2 is 1.71 bits per heavy atom. The summed E-state index contributed by atoms with van der Waals surface area (Å²) in [5.41, 5.74) is 4.48. The number of anilines is 1. The van der Waals surface area contributed by atoms with Gasteiger partial charge in [0.1, 0.15) is 5.82 Å². The first-order chi connectivity index (χ1) is 13.5. The van der Waals surface area contributed by atoms with Crippen molar-refractivity contribution in [1.82, 2.24) is 14.7 Å². The van der Waals surface area contributed by atoms with Gasteiger partial charge in [-0.25, -0.2) is 4.39 Å². The van der Waals surface area contributed by atoms with Crippen LogP contribution in [0.2, 0.25) is 0 Å². The van der Waals surface area contributed by atoms with Crippen LogP contribution in [0.25, 0.3) is 11.3 Å². The van der Waals surface area contributed by atoms with Gasteiger partial charge in [0.15, 0.2) is 5.69 Å². The Balaban J connectivity index is 1.46. The van der Waals surface area contributed by atoms with Gasteiger partial charge in [0.05, 0.1) is 5.69 Å². The number of halogens is 1. The predicted octanol–water partition coefficient (Wildman–Crippen LogP) is 3.50. The summed E-state index contributed by atoms with van der Waals surface area (Å²) in [5, 5.41) is 4.39. The molecule has 5 nitrogen and oxygen atoms in total. The van der Waals surface area contributed by atoms with Crippen LogP contribution in [0.1, 0.15) is 16.1 Å². The number of rotatable bonds is 3. The molecule has 0 N–H and O–H groups in total. The summed E-state index contributed by atoms with van der Waals surface area (Å²) in [6.45, 7) is 5.01. The average molecular weight is 378 g/mol. The zero-order valence-corrected chi connectivity index (χ0v) is 16.1. The van der Waals surface area contributed by atoms with Crippen LogP contribution in [0.4, 0.5) is 10.1 Å². The summed E-state index contributed by atoms with van der Waals surface area (Å²) in [5.74, 6) is -0.346. The molecule has 0 bridgehead atoms. The van der Waals surface area contributed by atoms with Crippen molar-refractivity contribution in [3.05, 3.63) is 71.7 Å². The maximum absolute atomic E-state index is 13.2. The Kier molecular flexibility index (Phi) is 4.86. The lowest BCUT2D eigenvalue weighted by atomic mass is 10.1. The minimum absolute atomic E-state index is 0.0622. The lowest BCUT2D eigenvalue weighted by Gasteiger charge is -2.36. The fourth-order valence-electron chi connectivity index (χ4n) is 3.62. The number of carbonyl (C=O) groups is 1. The number of nitrogens with zero attached hydrogens (tertiary/aromatic N) is 4. The van der Waals surface area contributed by atoms with Gasteiger partial charge in [-0.3, -0.25) is 9.48 Å². The molecule has 0 unspecified atom stereocenters. The van der Waals surface area contributed by atoms with Crippen molar-refractivity contribution in [3.8, 4) is 11.3 Å². The number of hydrogen-bond donors (Lipinski definition) is 0. The Morgan fingerprint density at radius 1 is 1.00 bits per heavy atom. The highest BCUT2D eigenvalue weighted by Crippen LogP contribution is 2.22. The van der Waals surface area contributed by atoms with E-state index in [2.05, 4.69) is 41.2 Å². The summed E-state index contributed by atoms with van der Waals surface area (Å²) in [7, 11) is 1.80. The highest BCUT2D eigenvalue weighted by molar-refractivity contribution is 5.93. The molecule has 0 aliphatic carbocycles. The molecule has 144 valence electrons. The Bertz CT molecular complexity index is 988. The largest absolute Gasteiger partial charge is 0.368 e. The monoisotopic (exact) mass is 378 g/mol. The Morgan fingerprint density at radius 3 is 2.39 bits per heavy atom. The molecule has 1 aliphatic rings. The average Bonchev–Trinajstić information content (AvgIpc) is 3.10. The van der Waals surface area contributed by atoms with Crippen LogP contribution < -0.4 is 4.90 Å². The van der Waals surface area contributed by atoms with Crippen molar-refractivity contribution in [2.45, 2.75) is 6.92 Å². The van der Waals surface area contributed by atoms with E-state index in [-0.39, 0.29) is 11.7 Å². The van der Waals surface area contributed by atoms with Crippen molar-refractivity contribution >= 4 is 11.6 Å². The minimum atomic E-state index is -0.284. The van der Waals surface area contributed by atoms with Crippen molar-refractivity contribution < 1.29 is 9.18 Å². The van der Waals surface area contributed by atoms with E-state index >= 15 is 0 Å². The molecule has 0 spiro atoms. The van der Waals surface area contributed by atoms with Gasteiger partial charge in [-0.2, -0.15) is 5.10 Å². The molecule has 3 aromatic rings. The van der Waals surface area contributed by atoms with Gasteiger partial charge in [-0.05, 0) is 60.5 Å². The van der Waals surface area contributed by atoms with Crippen LogP contribution in [-0.2, 0) is 7.05 Å². The highest BCUT2D eigenvalue weighted by Gasteiger charge is 2.25. The molecule has 1 amide bonds. The molecule has 1 saturated heterocycles. The molecular formula is C22H23FN4O. The van der Waals surface area contributed by atoms with Crippen LogP contribution in [0.3, 0.4) is 0 Å². The van der Waals surface area contributed by atoms with Gasteiger partial charge >= 0.3 is 0 Å². The van der Waals surface area contributed by atoms with E-state index in [0.29, 0.717) is 18.8 Å². The number of amides is 1. The molecular weight excluding hydrogens is 355 g/mol. The number of hydrogen-bond acceptors (Lipinski definition) is 3. The zero-order chi connectivity index (χ0) is 19.7. The molecule has 1 aromatic heterocycles. The summed E-state index contributed by atoms with van der Waals surface area (Å²) >= 11 is 0. The molecule has 28 heavy (non-hydrogen) atoms. The number of aryl methyl sites for hydroxylation is 2. The van der Waals surface area contributed by atoms with Crippen molar-refractivity contribution in [2.24, 2.45) is 7.05 Å². The first kappa shape index (κ1) is 18.2. The molecule has 0 atom stereocenters. The van der Waals surface area contributed by atoms with E-state index in [1.165, 1.54) is 23.4 Å². The quantitative estimate of drug-likeness (QED) is 0.701. The van der Waals surface area contributed by atoms with Crippen LogP contribution in [0.15, 0.2) is 54.6 Å². The molecule has 6 heteroatoms. The van der Waals surface area contributed by atoms with Crippen LogP contribution in [0, 0.1) is 12.7 Å². The fraction of sp³-hybridized carbons (Fsp3) is 0.273. The third-order valence-electron chi connectivity index (χ3n) is 5.17. The fourth-order valence-corrected chi connectivity index (χ4v) is 3.62. The van der Waals surface area contributed by atoms with Gasteiger partial charge < -0.3 is 9.80 Å². The van der Waals surface area contributed by atoms with E-state index in [1.54, 1.807) is 29.9 Å². The maximum atomic E-state index is 13.2. The molecule has 1 aliphatic heterocycles. The van der Waals surface area contributed by atoms with Gasteiger partial charge in [0.25, 0.3) is 5.91 Å². The topological polar surface area (TPSA) is 41.4 Å². The first-order valence-corrected chi connectivity index (χ1v) is 9.42. The third kappa shape index (κ3) is 3.63. The number of piperazine rings is 1. The SMILES string of the molecule is Cc1cccc(N2CCN(C(=O)c3cc(-c4ccc(F)cc4)n(C)n3)CC2)c1. The van der Waals surface area contributed by atoms with E-state index in [4.69, 9.17) is 0 Å². The maximum Gasteiger partial charge on any atom is 0.274 e. The standard InChI is InChI=1S/C22H23FN4O/c1-16-4-3-5-19(14-16)26-10-12-27(13-11-26)22(28)20-15-21(25(2)24-20)17-6-8-18(23)9-7-17/h3-9,14-15H,10-13H2,1-2H3. The molecule has 0 saturated carbocycles. The summed E-state index contributed by atoms with van der Waals surface area (Å²) in [4.78, 5) is 17.1. The number of aromatic nitrogens is 2. The zero-order valence-electron chi connectivity index (χ0n) is 16.1. The summed E-state index contributed by atoms with van der Waals surface area (Å²) < 4.78 is 14.8. The summed E-state index contributed by atoms with van der Waals surface area (Å²) in [6, 6.07) is 16.4. The molecule has 2 aromatic carbocycles. The normalized spacial score (nSPS) is 14.4. The molecule has 4 rings (SSSR count). The second kappa shape index (κ2) is 7.46. The Labute approximate surface area is 164 Å². The van der Waals surface area contributed by atoms with Gasteiger partial charge in [-0.1, -0.05) is 12.1 Å². The van der Waals surface area contributed by atoms with E-state index < -0.39 is 0 Å². The van der Waals surface area contributed by atoms with E-state index in [9.17, 15) is 9.18 Å². The number of carbonyl (C=O) groups excluding carboxylic acids is 1. The van der Waals surface area contributed by atoms with Crippen LogP contribution in [0.5, 0.6) is 0 Å². The van der Waals surface area contributed by atoms with Crippen LogP contribution >= 0.6 is 0 Å². The van der Waals surface area contributed by atoms with Gasteiger partial charge in [0, 0.05) is 38.9 Å². The molecule has 0 radical (unpaired) electrons. The highest BCUT2D eigenvalue weighted by atomic mass is 19.1. The lowest BCUT2D eigenvalue weighted by molar-refractivity contribution is 0.0740. The van der Waals surface area contributed by atoms with Crippen LogP contribution in [-0.4, -0.2) is 46.8 Å². The van der Waals surface area contributed by atoms with E-state index in [1.807, 2.05) is 4.90 Å². The smallest absolute Gasteiger partial charge is 0.274 e. The lowest BCUT2D eigenvalue weighted by Crippen LogP contribution is -2.48. The minimum Gasteiger partial charge on any atom is -0.368 e. The molecule has 2 heterocycles.